The molecule has 1 aromatic carbocycles. The van der Waals surface area contributed by atoms with Crippen LogP contribution in [0.25, 0.3) is 10.2 Å². The van der Waals surface area contributed by atoms with E-state index in [1.807, 2.05) is 14.0 Å². The van der Waals surface area contributed by atoms with Gasteiger partial charge in [0.15, 0.2) is 0 Å². The van der Waals surface area contributed by atoms with Gasteiger partial charge in [-0.3, -0.25) is 9.48 Å². The normalized spacial score (nSPS) is 11.8. The summed E-state index contributed by atoms with van der Waals surface area (Å²) < 4.78 is 34.4. The number of amides is 1. The van der Waals surface area contributed by atoms with Crippen LogP contribution in [0.1, 0.15) is 21.1 Å². The van der Waals surface area contributed by atoms with E-state index in [1.54, 1.807) is 35.0 Å². The molecule has 0 aliphatic rings. The minimum atomic E-state index is -3.75. The number of anilines is 1. The topological polar surface area (TPSA) is 106 Å². The molecule has 0 saturated heterocycles. The molecule has 8 nitrogen and oxygen atoms in total. The number of benzene rings is 1. The van der Waals surface area contributed by atoms with E-state index in [0.717, 1.165) is 15.9 Å². The van der Waals surface area contributed by atoms with Gasteiger partial charge in [0.1, 0.15) is 10.6 Å². The van der Waals surface area contributed by atoms with Crippen LogP contribution in [0.2, 0.25) is 0 Å². The van der Waals surface area contributed by atoms with Gasteiger partial charge in [0.05, 0.1) is 28.3 Å². The van der Waals surface area contributed by atoms with Gasteiger partial charge in [-0.05, 0) is 43.3 Å². The van der Waals surface area contributed by atoms with Gasteiger partial charge in [-0.2, -0.15) is 5.10 Å². The van der Waals surface area contributed by atoms with Crippen molar-refractivity contribution in [2.45, 2.75) is 18.4 Å². The maximum atomic E-state index is 12.6. The summed E-state index contributed by atoms with van der Waals surface area (Å²) in [6.07, 6.45) is 1.48. The number of carbonyl (C=O) groups excluding carboxylic acids is 1. The minimum absolute atomic E-state index is 0.0427. The van der Waals surface area contributed by atoms with Crippen LogP contribution in [0.3, 0.4) is 0 Å². The Labute approximate surface area is 171 Å². The fraction of sp³-hybridized carbons (Fsp3) is 0.158. The number of carbonyl (C=O) groups is 1. The van der Waals surface area contributed by atoms with Crippen LogP contribution in [0.5, 0.6) is 0 Å². The minimum Gasteiger partial charge on any atom is -0.468 e. The Hall–Kier alpha value is -2.95. The highest BCUT2D eigenvalue weighted by Crippen LogP contribution is 2.28. The molecular weight excluding hydrogens is 412 g/mol. The number of nitrogens with one attached hydrogen (secondary N) is 2. The van der Waals surface area contributed by atoms with Crippen molar-refractivity contribution in [1.29, 1.82) is 0 Å². The van der Waals surface area contributed by atoms with E-state index < -0.39 is 10.0 Å². The summed E-state index contributed by atoms with van der Waals surface area (Å²) in [6, 6.07) is 11.3. The first-order valence-corrected chi connectivity index (χ1v) is 11.0. The van der Waals surface area contributed by atoms with Gasteiger partial charge in [0.25, 0.3) is 5.91 Å². The van der Waals surface area contributed by atoms with Crippen molar-refractivity contribution in [3.8, 4) is 0 Å². The number of sulfonamides is 1. The van der Waals surface area contributed by atoms with Gasteiger partial charge < -0.3 is 9.73 Å². The Morgan fingerprint density at radius 1 is 1.24 bits per heavy atom. The third kappa shape index (κ3) is 3.95. The molecule has 0 unspecified atom stereocenters. The van der Waals surface area contributed by atoms with Gasteiger partial charge in [0.2, 0.25) is 10.0 Å². The van der Waals surface area contributed by atoms with Crippen LogP contribution in [0.15, 0.2) is 58.0 Å². The van der Waals surface area contributed by atoms with Gasteiger partial charge in [-0.25, -0.2) is 13.1 Å². The summed E-state index contributed by atoms with van der Waals surface area (Å²) in [6.45, 7) is 1.93. The Morgan fingerprint density at radius 3 is 2.79 bits per heavy atom. The Balaban J connectivity index is 1.51. The third-order valence-electron chi connectivity index (χ3n) is 4.34. The van der Waals surface area contributed by atoms with Crippen molar-refractivity contribution in [1.82, 2.24) is 14.5 Å². The maximum Gasteiger partial charge on any atom is 0.265 e. The highest BCUT2D eigenvalue weighted by molar-refractivity contribution is 7.89. The third-order valence-corrected chi connectivity index (χ3v) is 6.94. The van der Waals surface area contributed by atoms with Crippen LogP contribution in [-0.4, -0.2) is 24.1 Å². The first-order chi connectivity index (χ1) is 13.8. The van der Waals surface area contributed by atoms with E-state index >= 15 is 0 Å². The smallest absolute Gasteiger partial charge is 0.265 e. The number of hydrogen-bond acceptors (Lipinski definition) is 6. The fourth-order valence-corrected chi connectivity index (χ4v) is 4.97. The fourth-order valence-electron chi connectivity index (χ4n) is 2.91. The second-order valence-electron chi connectivity index (χ2n) is 6.42. The quantitative estimate of drug-likeness (QED) is 0.488. The van der Waals surface area contributed by atoms with Crippen molar-refractivity contribution in [3.63, 3.8) is 0 Å². The molecule has 3 heterocycles. The highest BCUT2D eigenvalue weighted by Gasteiger charge is 2.18. The average Bonchev–Trinajstić information content (AvgIpc) is 3.40. The molecule has 150 valence electrons. The SMILES string of the molecule is Cc1nn(C)c2sc(C(=O)Nc3cccc(S(=O)(=O)NCc4ccco4)c3)cc12. The van der Waals surface area contributed by atoms with Crippen LogP contribution in [0.4, 0.5) is 5.69 Å². The Morgan fingerprint density at radius 2 is 2.07 bits per heavy atom. The van der Waals surface area contributed by atoms with Crippen molar-refractivity contribution < 1.29 is 17.6 Å². The van der Waals surface area contributed by atoms with Crippen molar-refractivity contribution in [3.05, 3.63) is 65.1 Å². The van der Waals surface area contributed by atoms with Gasteiger partial charge in [-0.1, -0.05) is 6.07 Å². The Bertz CT molecular complexity index is 1250. The summed E-state index contributed by atoms with van der Waals surface area (Å²) in [5.74, 6) is 0.205. The molecule has 0 bridgehead atoms. The van der Waals surface area contributed by atoms with E-state index in [2.05, 4.69) is 15.1 Å². The molecule has 29 heavy (non-hydrogen) atoms. The lowest BCUT2D eigenvalue weighted by molar-refractivity contribution is 0.103. The Kier molecular flexibility index (Phi) is 4.99. The summed E-state index contributed by atoms with van der Waals surface area (Å²) >= 11 is 1.34. The molecule has 0 radical (unpaired) electrons. The second kappa shape index (κ2) is 7.47. The van der Waals surface area contributed by atoms with Crippen molar-refractivity contribution in [2.75, 3.05) is 5.32 Å². The zero-order valence-corrected chi connectivity index (χ0v) is 17.3. The molecule has 0 aliphatic heterocycles. The number of hydrogen-bond donors (Lipinski definition) is 2. The van der Waals surface area contributed by atoms with Crippen LogP contribution in [-0.2, 0) is 23.6 Å². The molecule has 0 spiro atoms. The molecule has 3 aromatic heterocycles. The predicted octanol–water partition coefficient (Wildman–Crippen LogP) is 3.27. The van der Waals surface area contributed by atoms with Crippen LogP contribution < -0.4 is 10.0 Å². The first kappa shape index (κ1) is 19.4. The first-order valence-electron chi connectivity index (χ1n) is 8.70. The summed E-state index contributed by atoms with van der Waals surface area (Å²) in [5, 5.41) is 8.02. The van der Waals surface area contributed by atoms with Crippen molar-refractivity contribution in [2.24, 2.45) is 7.05 Å². The zero-order valence-electron chi connectivity index (χ0n) is 15.7. The molecular formula is C19H18N4O4S2. The molecule has 1 amide bonds. The summed E-state index contributed by atoms with van der Waals surface area (Å²) in [7, 11) is -1.92. The molecule has 4 aromatic rings. The lowest BCUT2D eigenvalue weighted by Gasteiger charge is -2.08. The van der Waals surface area contributed by atoms with E-state index in [0.29, 0.717) is 16.3 Å². The van der Waals surface area contributed by atoms with Crippen LogP contribution >= 0.6 is 11.3 Å². The number of nitrogens with zero attached hydrogens (tertiary/aromatic N) is 2. The zero-order chi connectivity index (χ0) is 20.6. The lowest BCUT2D eigenvalue weighted by Crippen LogP contribution is -2.23. The second-order valence-corrected chi connectivity index (χ2v) is 9.22. The standard InChI is InChI=1S/C19H18N4O4S2/c1-12-16-10-17(28-19(16)23(2)22-12)18(24)21-13-5-3-7-15(9-13)29(25,26)20-11-14-6-4-8-27-14/h3-10,20H,11H2,1-2H3,(H,21,24). The van der Waals surface area contributed by atoms with Gasteiger partial charge >= 0.3 is 0 Å². The van der Waals surface area contributed by atoms with Gasteiger partial charge in [0, 0.05) is 18.1 Å². The van der Waals surface area contributed by atoms with E-state index in [4.69, 9.17) is 4.42 Å². The highest BCUT2D eigenvalue weighted by atomic mass is 32.2. The predicted molar refractivity (Wildman–Crippen MR) is 110 cm³/mol. The maximum absolute atomic E-state index is 12.6. The molecule has 0 aliphatic carbocycles. The number of furan rings is 1. The lowest BCUT2D eigenvalue weighted by atomic mass is 10.3. The molecule has 0 fully saturated rings. The summed E-state index contributed by atoms with van der Waals surface area (Å²) in [5.41, 5.74) is 1.25. The van der Waals surface area contributed by atoms with E-state index in [-0.39, 0.29) is 17.3 Å². The number of rotatable bonds is 6. The number of aryl methyl sites for hydroxylation is 2. The molecule has 0 atom stereocenters. The van der Waals surface area contributed by atoms with E-state index in [1.165, 1.54) is 29.7 Å². The van der Waals surface area contributed by atoms with Crippen molar-refractivity contribution >= 4 is 43.2 Å². The van der Waals surface area contributed by atoms with Crippen LogP contribution in [0, 0.1) is 6.92 Å². The average molecular weight is 431 g/mol. The number of aromatic nitrogens is 2. The largest absolute Gasteiger partial charge is 0.468 e. The monoisotopic (exact) mass is 430 g/mol. The van der Waals surface area contributed by atoms with E-state index in [9.17, 15) is 13.2 Å². The molecule has 4 rings (SSSR count). The summed E-state index contributed by atoms with van der Waals surface area (Å²) in [4.78, 5) is 14.1. The number of thiophene rings is 1. The molecule has 0 saturated carbocycles. The number of fused-ring (bicyclic) bond motifs is 1. The molecule has 2 N–H and O–H groups in total. The molecule has 10 heteroatoms. The van der Waals surface area contributed by atoms with Gasteiger partial charge in [-0.15, -0.1) is 11.3 Å².